The maximum absolute atomic E-state index is 10.8. The molecule has 0 spiro atoms. The average Bonchev–Trinajstić information content (AvgIpc) is 2.47. The minimum Gasteiger partial charge on any atom is -0.460 e. The normalized spacial score (nSPS) is 20.9. The fourth-order valence-corrected chi connectivity index (χ4v) is 1.96. The third kappa shape index (κ3) is 2.08. The van der Waals surface area contributed by atoms with Gasteiger partial charge >= 0.3 is 5.97 Å². The molecule has 0 aromatic carbocycles. The van der Waals surface area contributed by atoms with Gasteiger partial charge in [-0.3, -0.25) is 0 Å². The standard InChI is InChI=1S/C13H10N4O3/c1-2-11(18)20-4-3-19-10-5-12(6-14,7-15)13(10,8-16)9-17/h2,10H,1,3-5H2. The third-order valence-electron chi connectivity index (χ3n) is 3.20. The Kier molecular flexibility index (Phi) is 4.44. The van der Waals surface area contributed by atoms with Crippen LogP contribution in [0.15, 0.2) is 12.7 Å². The molecule has 7 heteroatoms. The molecule has 1 atom stereocenters. The Hall–Kier alpha value is -2.87. The second-order valence-electron chi connectivity index (χ2n) is 4.10. The Labute approximate surface area is 115 Å². The van der Waals surface area contributed by atoms with Crippen LogP contribution in [-0.4, -0.2) is 25.3 Å². The molecule has 0 amide bonds. The Morgan fingerprint density at radius 3 is 2.25 bits per heavy atom. The number of esters is 1. The van der Waals surface area contributed by atoms with Crippen LogP contribution in [0.25, 0.3) is 0 Å². The van der Waals surface area contributed by atoms with Gasteiger partial charge in [-0.15, -0.1) is 0 Å². The van der Waals surface area contributed by atoms with Crippen molar-refractivity contribution in [1.82, 2.24) is 0 Å². The lowest BCUT2D eigenvalue weighted by Crippen LogP contribution is -2.60. The topological polar surface area (TPSA) is 131 Å². The van der Waals surface area contributed by atoms with Gasteiger partial charge in [0.25, 0.3) is 0 Å². The predicted octanol–water partition coefficient (Wildman–Crippen LogP) is 0.572. The van der Waals surface area contributed by atoms with Crippen molar-refractivity contribution in [2.45, 2.75) is 12.5 Å². The van der Waals surface area contributed by atoms with Gasteiger partial charge in [-0.05, 0) is 0 Å². The van der Waals surface area contributed by atoms with Crippen molar-refractivity contribution in [1.29, 1.82) is 21.0 Å². The molecule has 20 heavy (non-hydrogen) atoms. The van der Waals surface area contributed by atoms with Gasteiger partial charge in [0.1, 0.15) is 6.61 Å². The lowest BCUT2D eigenvalue weighted by Gasteiger charge is -2.47. The lowest BCUT2D eigenvalue weighted by atomic mass is 9.50. The van der Waals surface area contributed by atoms with Gasteiger partial charge < -0.3 is 9.47 Å². The van der Waals surface area contributed by atoms with Crippen molar-refractivity contribution < 1.29 is 14.3 Å². The van der Waals surface area contributed by atoms with Crippen LogP contribution in [0, 0.1) is 56.2 Å². The summed E-state index contributed by atoms with van der Waals surface area (Å²) in [6.45, 7) is 3.11. The maximum Gasteiger partial charge on any atom is 0.330 e. The fraction of sp³-hybridized carbons (Fsp3) is 0.462. The Morgan fingerprint density at radius 1 is 1.20 bits per heavy atom. The average molecular weight is 270 g/mol. The van der Waals surface area contributed by atoms with Gasteiger partial charge in [0.15, 0.2) is 5.41 Å². The molecule has 100 valence electrons. The minimum atomic E-state index is -1.82. The third-order valence-corrected chi connectivity index (χ3v) is 3.20. The zero-order valence-corrected chi connectivity index (χ0v) is 10.5. The van der Waals surface area contributed by atoms with Crippen molar-refractivity contribution >= 4 is 5.97 Å². The molecule has 0 aliphatic heterocycles. The molecule has 1 rings (SSSR count). The number of nitrogens with zero attached hydrogens (tertiary/aromatic N) is 4. The molecule has 1 fully saturated rings. The number of carbonyl (C=O) groups is 1. The molecule has 7 nitrogen and oxygen atoms in total. The zero-order valence-electron chi connectivity index (χ0n) is 10.5. The molecule has 0 bridgehead atoms. The van der Waals surface area contributed by atoms with Crippen LogP contribution in [0.5, 0.6) is 0 Å². The number of carbonyl (C=O) groups excluding carboxylic acids is 1. The maximum atomic E-state index is 10.8. The summed E-state index contributed by atoms with van der Waals surface area (Å²) in [7, 11) is 0. The first kappa shape index (κ1) is 15.2. The van der Waals surface area contributed by atoms with Gasteiger partial charge in [-0.2, -0.15) is 21.0 Å². The molecule has 0 radical (unpaired) electrons. The Balaban J connectivity index is 2.68. The summed E-state index contributed by atoms with van der Waals surface area (Å²) in [6.07, 6.45) is 0.102. The van der Waals surface area contributed by atoms with Crippen LogP contribution in [0.3, 0.4) is 0 Å². The second-order valence-corrected chi connectivity index (χ2v) is 4.10. The molecule has 0 aromatic heterocycles. The van der Waals surface area contributed by atoms with Crippen LogP contribution in [0.1, 0.15) is 6.42 Å². The monoisotopic (exact) mass is 270 g/mol. The molecule has 0 saturated heterocycles. The van der Waals surface area contributed by atoms with E-state index in [1.54, 1.807) is 24.3 Å². The van der Waals surface area contributed by atoms with E-state index in [9.17, 15) is 4.79 Å². The highest BCUT2D eigenvalue weighted by atomic mass is 16.6. The minimum absolute atomic E-state index is 0.0312. The van der Waals surface area contributed by atoms with E-state index in [1.807, 2.05) is 0 Å². The van der Waals surface area contributed by atoms with Gasteiger partial charge in [-0.1, -0.05) is 6.58 Å². The van der Waals surface area contributed by atoms with Crippen molar-refractivity contribution in [3.63, 3.8) is 0 Å². The molecule has 1 aliphatic carbocycles. The quantitative estimate of drug-likeness (QED) is 0.405. The number of nitriles is 4. The predicted molar refractivity (Wildman–Crippen MR) is 62.8 cm³/mol. The first-order valence-corrected chi connectivity index (χ1v) is 5.61. The van der Waals surface area contributed by atoms with Gasteiger partial charge in [0.2, 0.25) is 5.41 Å². The highest BCUT2D eigenvalue weighted by Crippen LogP contribution is 2.56. The molecule has 1 unspecified atom stereocenters. The number of rotatable bonds is 5. The van der Waals surface area contributed by atoms with E-state index in [4.69, 9.17) is 25.8 Å². The highest BCUT2D eigenvalue weighted by molar-refractivity contribution is 5.81. The summed E-state index contributed by atoms with van der Waals surface area (Å²) in [4.78, 5) is 10.8. The van der Waals surface area contributed by atoms with E-state index < -0.39 is 22.9 Å². The first-order valence-electron chi connectivity index (χ1n) is 5.61. The smallest absolute Gasteiger partial charge is 0.330 e. The molecule has 1 aliphatic rings. The summed E-state index contributed by atoms with van der Waals surface area (Å²) < 4.78 is 9.94. The molecule has 0 heterocycles. The van der Waals surface area contributed by atoms with Crippen molar-refractivity contribution in [2.75, 3.05) is 13.2 Å². The summed E-state index contributed by atoms with van der Waals surface area (Å²) in [5.74, 6) is -0.613. The van der Waals surface area contributed by atoms with Crippen LogP contribution in [0.2, 0.25) is 0 Å². The van der Waals surface area contributed by atoms with Gasteiger partial charge in [0.05, 0.1) is 37.0 Å². The number of hydrogen-bond donors (Lipinski definition) is 0. The van der Waals surface area contributed by atoms with E-state index in [-0.39, 0.29) is 19.6 Å². The fourth-order valence-electron chi connectivity index (χ4n) is 1.96. The van der Waals surface area contributed by atoms with E-state index >= 15 is 0 Å². The molecule has 0 N–H and O–H groups in total. The van der Waals surface area contributed by atoms with E-state index in [2.05, 4.69) is 11.3 Å². The van der Waals surface area contributed by atoms with Gasteiger partial charge in [0, 0.05) is 12.5 Å². The largest absolute Gasteiger partial charge is 0.460 e. The van der Waals surface area contributed by atoms with E-state index in [0.717, 1.165) is 6.08 Å². The molecular formula is C13H10N4O3. The van der Waals surface area contributed by atoms with Crippen LogP contribution in [0.4, 0.5) is 0 Å². The van der Waals surface area contributed by atoms with Gasteiger partial charge in [-0.25, -0.2) is 4.79 Å². The Bertz CT molecular complexity index is 557. The lowest BCUT2D eigenvalue weighted by molar-refractivity contribution is -0.146. The molecular weight excluding hydrogens is 260 g/mol. The summed E-state index contributed by atoms with van der Waals surface area (Å²) in [6, 6.07) is 6.87. The van der Waals surface area contributed by atoms with Crippen LogP contribution >= 0.6 is 0 Å². The van der Waals surface area contributed by atoms with Crippen LogP contribution in [-0.2, 0) is 14.3 Å². The molecule has 1 saturated carbocycles. The van der Waals surface area contributed by atoms with E-state index in [0.29, 0.717) is 0 Å². The van der Waals surface area contributed by atoms with E-state index in [1.165, 1.54) is 0 Å². The Morgan fingerprint density at radius 2 is 1.80 bits per heavy atom. The zero-order chi connectivity index (χ0) is 15.2. The first-order chi connectivity index (χ1) is 9.55. The van der Waals surface area contributed by atoms with Crippen LogP contribution < -0.4 is 0 Å². The van der Waals surface area contributed by atoms with Crippen molar-refractivity contribution in [3.8, 4) is 24.3 Å². The summed E-state index contributed by atoms with van der Waals surface area (Å²) in [5.41, 5.74) is -3.50. The van der Waals surface area contributed by atoms with Crippen molar-refractivity contribution in [2.24, 2.45) is 10.8 Å². The summed E-state index contributed by atoms with van der Waals surface area (Å²) in [5, 5.41) is 36.3. The highest BCUT2D eigenvalue weighted by Gasteiger charge is 2.70. The number of hydrogen-bond acceptors (Lipinski definition) is 7. The van der Waals surface area contributed by atoms with Crippen molar-refractivity contribution in [3.05, 3.63) is 12.7 Å². The SMILES string of the molecule is C=CC(=O)OCCOC1CC(C#N)(C#N)C1(C#N)C#N. The number of ether oxygens (including phenoxy) is 2. The summed E-state index contributed by atoms with van der Waals surface area (Å²) >= 11 is 0. The molecule has 0 aromatic rings. The second kappa shape index (κ2) is 5.85.